The van der Waals surface area contributed by atoms with Gasteiger partial charge in [-0.05, 0) is 13.1 Å². The van der Waals surface area contributed by atoms with Gasteiger partial charge >= 0.3 is 5.97 Å². The Morgan fingerprint density at radius 3 is 2.90 bits per heavy atom. The van der Waals surface area contributed by atoms with Gasteiger partial charge in [0.1, 0.15) is 5.82 Å². The third-order valence-corrected chi connectivity index (χ3v) is 4.22. The van der Waals surface area contributed by atoms with Crippen LogP contribution < -0.4 is 0 Å². The maximum Gasteiger partial charge on any atom is 0.337 e. The number of carbonyl (C=O) groups is 1. The number of H-pyrrole nitrogens is 1. The zero-order valence-electron chi connectivity index (χ0n) is 12.4. The first-order valence-corrected chi connectivity index (χ1v) is 7.36. The first-order chi connectivity index (χ1) is 10.2. The zero-order valence-corrected chi connectivity index (χ0v) is 12.4. The molecule has 0 unspecified atom stereocenters. The lowest BCUT2D eigenvalue weighted by atomic mass is 10.1. The lowest BCUT2D eigenvalue weighted by molar-refractivity contribution is 0.0697. The van der Waals surface area contributed by atoms with E-state index in [4.69, 9.17) is 0 Å². The van der Waals surface area contributed by atoms with Crippen LogP contribution in [0.3, 0.4) is 0 Å². The van der Waals surface area contributed by atoms with Gasteiger partial charge < -0.3 is 14.7 Å². The molecule has 21 heavy (non-hydrogen) atoms. The highest BCUT2D eigenvalue weighted by Gasteiger charge is 2.27. The summed E-state index contributed by atoms with van der Waals surface area (Å²) < 4.78 is 2.15. The molecule has 2 N–H and O–H groups in total. The van der Waals surface area contributed by atoms with E-state index in [1.807, 2.05) is 6.20 Å². The molecular weight excluding hydrogens is 268 g/mol. The predicted molar refractivity (Wildman–Crippen MR) is 79.3 cm³/mol. The first-order valence-electron chi connectivity index (χ1n) is 7.36. The minimum Gasteiger partial charge on any atom is -0.478 e. The van der Waals surface area contributed by atoms with E-state index in [9.17, 15) is 9.90 Å². The zero-order chi connectivity index (χ0) is 15.0. The van der Waals surface area contributed by atoms with Gasteiger partial charge in [-0.2, -0.15) is 0 Å². The molecule has 0 saturated heterocycles. The monoisotopic (exact) mass is 288 g/mol. The van der Waals surface area contributed by atoms with E-state index < -0.39 is 5.97 Å². The number of hydrogen-bond donors (Lipinski definition) is 2. The van der Waals surface area contributed by atoms with Crippen molar-refractivity contribution in [2.45, 2.75) is 33.4 Å². The van der Waals surface area contributed by atoms with Crippen LogP contribution in [0.25, 0.3) is 11.4 Å². The van der Waals surface area contributed by atoms with E-state index in [1.54, 1.807) is 6.20 Å². The lowest BCUT2D eigenvalue weighted by Gasteiger charge is -2.22. The molecule has 0 radical (unpaired) electrons. The van der Waals surface area contributed by atoms with Gasteiger partial charge in [-0.3, -0.25) is 4.90 Å². The third-order valence-electron chi connectivity index (χ3n) is 4.22. The van der Waals surface area contributed by atoms with E-state index >= 15 is 0 Å². The van der Waals surface area contributed by atoms with Crippen LogP contribution in [0.1, 0.15) is 35.6 Å². The van der Waals surface area contributed by atoms with Gasteiger partial charge in [0.05, 0.1) is 23.0 Å². The fraction of sp³-hybridized carbons (Fsp3) is 0.467. The molecule has 1 aliphatic rings. The Balaban J connectivity index is 2.01. The second-order valence-electron chi connectivity index (χ2n) is 5.30. The summed E-state index contributed by atoms with van der Waals surface area (Å²) in [6.45, 7) is 7.97. The molecule has 2 aromatic rings. The molecule has 0 atom stereocenters. The van der Waals surface area contributed by atoms with Gasteiger partial charge in [-0.25, -0.2) is 9.78 Å². The standard InChI is InChI=1S/C15H20N4O2/c1-3-18(4-2)9-10-7-17-14-13-11(15(20)21)8-16-12(13)5-6-19(10)14/h7-8,16H,3-6,9H2,1-2H3,(H,20,21). The Kier molecular flexibility index (Phi) is 3.55. The maximum atomic E-state index is 11.4. The molecule has 1 aliphatic heterocycles. The van der Waals surface area contributed by atoms with Gasteiger partial charge in [0.15, 0.2) is 0 Å². The molecule has 0 bridgehead atoms. The van der Waals surface area contributed by atoms with Gasteiger partial charge in [0.2, 0.25) is 0 Å². The van der Waals surface area contributed by atoms with Crippen molar-refractivity contribution in [3.05, 3.63) is 29.3 Å². The second-order valence-corrected chi connectivity index (χ2v) is 5.30. The Morgan fingerprint density at radius 1 is 1.48 bits per heavy atom. The molecule has 2 aromatic heterocycles. The Bertz CT molecular complexity index is 667. The molecule has 112 valence electrons. The SMILES string of the molecule is CCN(CC)Cc1cnc2n1CCc1[nH]cc(C(=O)O)c1-2. The van der Waals surface area contributed by atoms with Crippen LogP contribution in [-0.4, -0.2) is 43.6 Å². The molecule has 6 nitrogen and oxygen atoms in total. The fourth-order valence-electron chi connectivity index (χ4n) is 2.97. The topological polar surface area (TPSA) is 74.2 Å². The number of carboxylic acids is 1. The Hall–Kier alpha value is -2.08. The van der Waals surface area contributed by atoms with E-state index in [2.05, 4.69) is 33.3 Å². The van der Waals surface area contributed by atoms with Crippen molar-refractivity contribution in [3.8, 4) is 11.4 Å². The average molecular weight is 288 g/mol. The van der Waals surface area contributed by atoms with E-state index in [0.29, 0.717) is 5.56 Å². The summed E-state index contributed by atoms with van der Waals surface area (Å²) in [6.07, 6.45) is 4.26. The Morgan fingerprint density at radius 2 is 2.24 bits per heavy atom. The highest BCUT2D eigenvalue weighted by atomic mass is 16.4. The van der Waals surface area contributed by atoms with Crippen LogP contribution in [0, 0.1) is 0 Å². The van der Waals surface area contributed by atoms with E-state index in [-0.39, 0.29) is 0 Å². The highest BCUT2D eigenvalue weighted by Crippen LogP contribution is 2.32. The van der Waals surface area contributed by atoms with E-state index in [0.717, 1.165) is 55.4 Å². The second kappa shape index (κ2) is 5.37. The summed E-state index contributed by atoms with van der Waals surface area (Å²) in [4.78, 5) is 21.2. The first kappa shape index (κ1) is 13.9. The summed E-state index contributed by atoms with van der Waals surface area (Å²) in [7, 11) is 0. The fourth-order valence-corrected chi connectivity index (χ4v) is 2.97. The quantitative estimate of drug-likeness (QED) is 0.882. The largest absolute Gasteiger partial charge is 0.478 e. The van der Waals surface area contributed by atoms with Gasteiger partial charge in [0.25, 0.3) is 0 Å². The van der Waals surface area contributed by atoms with Crippen LogP contribution in [0.4, 0.5) is 0 Å². The number of nitrogens with zero attached hydrogens (tertiary/aromatic N) is 3. The molecule has 6 heteroatoms. The number of imidazole rings is 1. The summed E-state index contributed by atoms with van der Waals surface area (Å²) in [5.74, 6) is -0.133. The van der Waals surface area contributed by atoms with Gasteiger partial charge in [-0.1, -0.05) is 13.8 Å². The maximum absolute atomic E-state index is 11.4. The summed E-state index contributed by atoms with van der Waals surface area (Å²) in [6, 6.07) is 0. The minimum atomic E-state index is -0.908. The van der Waals surface area contributed by atoms with Crippen molar-refractivity contribution < 1.29 is 9.90 Å². The number of nitrogens with one attached hydrogen (secondary N) is 1. The average Bonchev–Trinajstić information content (AvgIpc) is 3.08. The summed E-state index contributed by atoms with van der Waals surface area (Å²) >= 11 is 0. The molecule has 0 spiro atoms. The molecule has 3 heterocycles. The van der Waals surface area contributed by atoms with Crippen LogP contribution >= 0.6 is 0 Å². The molecule has 3 rings (SSSR count). The number of carboxylic acid groups (broad SMARTS) is 1. The molecule has 0 fully saturated rings. The summed E-state index contributed by atoms with van der Waals surface area (Å²) in [5.41, 5.74) is 3.18. The molecule has 0 amide bonds. The van der Waals surface area contributed by atoms with Crippen molar-refractivity contribution in [1.29, 1.82) is 0 Å². The number of hydrogen-bond acceptors (Lipinski definition) is 3. The number of fused-ring (bicyclic) bond motifs is 3. The van der Waals surface area contributed by atoms with Crippen LogP contribution in [-0.2, 0) is 19.5 Å². The molecule has 0 saturated carbocycles. The molecular formula is C15H20N4O2. The number of aromatic carboxylic acids is 1. The number of rotatable bonds is 5. The summed E-state index contributed by atoms with van der Waals surface area (Å²) in [5, 5.41) is 9.32. The van der Waals surface area contributed by atoms with Crippen molar-refractivity contribution in [1.82, 2.24) is 19.4 Å². The van der Waals surface area contributed by atoms with Crippen molar-refractivity contribution in [2.75, 3.05) is 13.1 Å². The smallest absolute Gasteiger partial charge is 0.337 e. The van der Waals surface area contributed by atoms with Gasteiger partial charge in [0, 0.05) is 31.4 Å². The van der Waals surface area contributed by atoms with Crippen molar-refractivity contribution in [3.63, 3.8) is 0 Å². The highest BCUT2D eigenvalue weighted by molar-refractivity contribution is 5.96. The lowest BCUT2D eigenvalue weighted by Crippen LogP contribution is -2.25. The van der Waals surface area contributed by atoms with Crippen LogP contribution in [0.5, 0.6) is 0 Å². The van der Waals surface area contributed by atoms with Crippen LogP contribution in [0.15, 0.2) is 12.4 Å². The number of aromatic amines is 1. The molecule has 0 aromatic carbocycles. The number of aromatic nitrogens is 3. The number of aryl methyl sites for hydroxylation is 1. The normalized spacial score (nSPS) is 13.3. The Labute approximate surface area is 123 Å². The van der Waals surface area contributed by atoms with Crippen molar-refractivity contribution >= 4 is 5.97 Å². The molecule has 0 aliphatic carbocycles. The van der Waals surface area contributed by atoms with Crippen molar-refractivity contribution in [2.24, 2.45) is 0 Å². The third kappa shape index (κ3) is 2.25. The minimum absolute atomic E-state index is 0.311. The van der Waals surface area contributed by atoms with E-state index in [1.165, 1.54) is 0 Å². The predicted octanol–water partition coefficient (Wildman–Crippen LogP) is 1.97. The van der Waals surface area contributed by atoms with Crippen LogP contribution in [0.2, 0.25) is 0 Å². The van der Waals surface area contributed by atoms with Gasteiger partial charge in [-0.15, -0.1) is 0 Å².